The first-order valence-corrected chi connectivity index (χ1v) is 8.37. The van der Waals surface area contributed by atoms with Gasteiger partial charge in [0.25, 0.3) is 0 Å². The summed E-state index contributed by atoms with van der Waals surface area (Å²) in [6.45, 7) is 6.53. The normalized spacial score (nSPS) is 12.3. The first-order valence-electron chi connectivity index (χ1n) is 7.45. The Hall–Kier alpha value is -0.800. The lowest BCUT2D eigenvalue weighted by atomic mass is 9.89. The van der Waals surface area contributed by atoms with Crippen LogP contribution in [0.4, 0.5) is 4.39 Å². The minimum absolute atomic E-state index is 0.0305. The van der Waals surface area contributed by atoms with Gasteiger partial charge in [-0.15, -0.1) is 11.6 Å². The van der Waals surface area contributed by atoms with Gasteiger partial charge in [-0.1, -0.05) is 32.4 Å². The lowest BCUT2D eigenvalue weighted by Gasteiger charge is -2.34. The number of aromatic nitrogens is 2. The van der Waals surface area contributed by atoms with Crippen LogP contribution in [0.5, 0.6) is 0 Å². The molecule has 21 heavy (non-hydrogen) atoms. The van der Waals surface area contributed by atoms with E-state index in [1.165, 1.54) is 6.07 Å². The highest BCUT2D eigenvalue weighted by Crippen LogP contribution is 2.36. The van der Waals surface area contributed by atoms with Gasteiger partial charge in [0, 0.05) is 23.9 Å². The number of rotatable bonds is 6. The van der Waals surface area contributed by atoms with E-state index in [-0.39, 0.29) is 10.6 Å². The summed E-state index contributed by atoms with van der Waals surface area (Å²) in [7, 11) is 0. The van der Waals surface area contributed by atoms with E-state index in [1.807, 2.05) is 0 Å². The third-order valence-corrected chi connectivity index (χ3v) is 5.01. The molecule has 116 valence electrons. The lowest BCUT2D eigenvalue weighted by molar-refractivity contribution is 0.251. The number of hydrogen-bond donors (Lipinski definition) is 0. The van der Waals surface area contributed by atoms with Crippen molar-refractivity contribution in [1.29, 1.82) is 0 Å². The maximum atomic E-state index is 13.7. The van der Waals surface area contributed by atoms with Crippen molar-refractivity contribution in [2.24, 2.45) is 0 Å². The van der Waals surface area contributed by atoms with E-state index in [0.29, 0.717) is 17.8 Å². The van der Waals surface area contributed by atoms with Crippen LogP contribution < -0.4 is 0 Å². The summed E-state index contributed by atoms with van der Waals surface area (Å²) in [6.07, 6.45) is 3.61. The average molecular weight is 331 g/mol. The Kier molecular flexibility index (Phi) is 5.15. The van der Waals surface area contributed by atoms with Crippen LogP contribution in [0.1, 0.15) is 45.9 Å². The topological polar surface area (TPSA) is 17.8 Å². The van der Waals surface area contributed by atoms with Crippen molar-refractivity contribution < 1.29 is 4.39 Å². The fraction of sp³-hybridized carbons (Fsp3) is 0.562. The molecule has 0 radical (unpaired) electrons. The molecule has 2 nitrogen and oxygen atoms in total. The molecule has 0 aliphatic rings. The van der Waals surface area contributed by atoms with Crippen molar-refractivity contribution in [3.8, 4) is 0 Å². The highest BCUT2D eigenvalue weighted by Gasteiger charge is 2.30. The molecule has 1 heterocycles. The molecule has 0 fully saturated rings. The highest BCUT2D eigenvalue weighted by atomic mass is 35.5. The number of aryl methyl sites for hydroxylation is 1. The molecule has 1 aromatic carbocycles. The second kappa shape index (κ2) is 6.53. The summed E-state index contributed by atoms with van der Waals surface area (Å²) in [5, 5.41) is 0.137. The van der Waals surface area contributed by atoms with Crippen LogP contribution in [0.3, 0.4) is 0 Å². The van der Waals surface area contributed by atoms with Gasteiger partial charge in [0.05, 0.1) is 16.1 Å². The number of benzene rings is 1. The van der Waals surface area contributed by atoms with Crippen molar-refractivity contribution in [2.75, 3.05) is 5.88 Å². The number of nitrogens with zero attached hydrogens (tertiary/aromatic N) is 2. The summed E-state index contributed by atoms with van der Waals surface area (Å²) in [5.74, 6) is 0.973. The Morgan fingerprint density at radius 3 is 2.33 bits per heavy atom. The van der Waals surface area contributed by atoms with E-state index in [1.54, 1.807) is 6.07 Å². The highest BCUT2D eigenvalue weighted by molar-refractivity contribution is 6.31. The third-order valence-electron chi connectivity index (χ3n) is 4.53. The zero-order valence-electron chi connectivity index (χ0n) is 12.7. The second-order valence-corrected chi connectivity index (χ2v) is 6.13. The van der Waals surface area contributed by atoms with Crippen LogP contribution in [0.2, 0.25) is 5.02 Å². The Balaban J connectivity index is 2.79. The van der Waals surface area contributed by atoms with Gasteiger partial charge in [-0.05, 0) is 25.3 Å². The summed E-state index contributed by atoms with van der Waals surface area (Å²) in [6, 6.07) is 3.10. The van der Waals surface area contributed by atoms with Crippen LogP contribution in [0.15, 0.2) is 12.1 Å². The molecule has 1 aromatic heterocycles. The zero-order valence-corrected chi connectivity index (χ0v) is 14.2. The maximum absolute atomic E-state index is 13.7. The number of imidazole rings is 1. The van der Waals surface area contributed by atoms with E-state index < -0.39 is 5.82 Å². The summed E-state index contributed by atoms with van der Waals surface area (Å²) >= 11 is 11.9. The van der Waals surface area contributed by atoms with Gasteiger partial charge in [-0.25, -0.2) is 9.37 Å². The monoisotopic (exact) mass is 330 g/mol. The second-order valence-electron chi connectivity index (χ2n) is 5.34. The third kappa shape index (κ3) is 2.78. The first-order chi connectivity index (χ1) is 10.0. The molecular weight excluding hydrogens is 310 g/mol. The van der Waals surface area contributed by atoms with Gasteiger partial charge in [0.1, 0.15) is 11.6 Å². The molecular formula is C16H21Cl2FN2. The van der Waals surface area contributed by atoms with E-state index >= 15 is 0 Å². The predicted molar refractivity (Wildman–Crippen MR) is 88.0 cm³/mol. The van der Waals surface area contributed by atoms with E-state index in [9.17, 15) is 4.39 Å². The molecule has 0 amide bonds. The van der Waals surface area contributed by atoms with Gasteiger partial charge in [-0.2, -0.15) is 0 Å². The summed E-state index contributed by atoms with van der Waals surface area (Å²) in [4.78, 5) is 4.59. The molecule has 0 unspecified atom stereocenters. The smallest absolute Gasteiger partial charge is 0.144 e. The van der Waals surface area contributed by atoms with Crippen LogP contribution in [0, 0.1) is 5.82 Å². The summed E-state index contributed by atoms with van der Waals surface area (Å²) < 4.78 is 15.9. The first kappa shape index (κ1) is 16.6. The van der Waals surface area contributed by atoms with Crippen LogP contribution >= 0.6 is 23.2 Å². The summed E-state index contributed by atoms with van der Waals surface area (Å²) in [5.41, 5.74) is 1.51. The van der Waals surface area contributed by atoms with Crippen molar-refractivity contribution in [3.63, 3.8) is 0 Å². The SMILES string of the molecule is CCC(CC)(CC)n1c(CCCl)nc2cc(F)c(Cl)cc21. The predicted octanol–water partition coefficient (Wildman–Crippen LogP) is 5.54. The average Bonchev–Trinajstić information content (AvgIpc) is 2.81. The van der Waals surface area contributed by atoms with Gasteiger partial charge in [0.2, 0.25) is 0 Å². The molecule has 0 spiro atoms. The van der Waals surface area contributed by atoms with E-state index in [0.717, 1.165) is 30.6 Å². The number of hydrogen-bond acceptors (Lipinski definition) is 1. The Morgan fingerprint density at radius 1 is 1.19 bits per heavy atom. The molecule has 0 aliphatic heterocycles. The Bertz CT molecular complexity index is 624. The van der Waals surface area contributed by atoms with E-state index in [2.05, 4.69) is 30.3 Å². The maximum Gasteiger partial charge on any atom is 0.144 e. The van der Waals surface area contributed by atoms with Crippen LogP contribution in [0.25, 0.3) is 11.0 Å². The van der Waals surface area contributed by atoms with Crippen molar-refractivity contribution in [3.05, 3.63) is 28.8 Å². The molecule has 0 atom stereocenters. The lowest BCUT2D eigenvalue weighted by Crippen LogP contribution is -2.33. The van der Waals surface area contributed by atoms with E-state index in [4.69, 9.17) is 23.2 Å². The molecule has 0 aliphatic carbocycles. The molecule has 0 N–H and O–H groups in total. The van der Waals surface area contributed by atoms with Crippen molar-refractivity contribution >= 4 is 34.2 Å². The zero-order chi connectivity index (χ0) is 15.6. The standard InChI is InChI=1S/C16H21Cl2FN2/c1-4-16(5-2,6-3)21-14-9-11(18)12(19)10-13(14)20-15(21)7-8-17/h9-10H,4-8H2,1-3H3. The quantitative estimate of drug-likeness (QED) is 0.636. The Labute approximate surface area is 135 Å². The number of alkyl halides is 1. The molecule has 5 heteroatoms. The molecule has 0 saturated heterocycles. The van der Waals surface area contributed by atoms with Gasteiger partial charge in [-0.3, -0.25) is 0 Å². The largest absolute Gasteiger partial charge is 0.322 e. The molecule has 2 aromatic rings. The fourth-order valence-electron chi connectivity index (χ4n) is 3.13. The number of halogens is 3. The van der Waals surface area contributed by atoms with Gasteiger partial charge >= 0.3 is 0 Å². The van der Waals surface area contributed by atoms with Crippen LogP contribution in [-0.4, -0.2) is 15.4 Å². The molecule has 0 saturated carbocycles. The number of fused-ring (bicyclic) bond motifs is 1. The van der Waals surface area contributed by atoms with Crippen molar-refractivity contribution in [1.82, 2.24) is 9.55 Å². The molecule has 0 bridgehead atoms. The van der Waals surface area contributed by atoms with Crippen LogP contribution in [-0.2, 0) is 12.0 Å². The van der Waals surface area contributed by atoms with Gasteiger partial charge < -0.3 is 4.57 Å². The molecule has 2 rings (SSSR count). The minimum Gasteiger partial charge on any atom is -0.322 e. The minimum atomic E-state index is -0.429. The Morgan fingerprint density at radius 2 is 1.81 bits per heavy atom. The van der Waals surface area contributed by atoms with Crippen molar-refractivity contribution in [2.45, 2.75) is 52.0 Å². The fourth-order valence-corrected chi connectivity index (χ4v) is 3.46. The van der Waals surface area contributed by atoms with Gasteiger partial charge in [0.15, 0.2) is 0 Å².